The van der Waals surface area contributed by atoms with Crippen molar-refractivity contribution in [2.45, 2.75) is 57.7 Å². The van der Waals surface area contributed by atoms with Gasteiger partial charge in [-0.3, -0.25) is 0 Å². The van der Waals surface area contributed by atoms with Gasteiger partial charge in [-0.2, -0.15) is 0 Å². The Hall–Kier alpha value is -2.86. The van der Waals surface area contributed by atoms with Crippen molar-refractivity contribution in [1.82, 2.24) is 5.32 Å². The highest BCUT2D eigenvalue weighted by atomic mass is 35.5. The van der Waals surface area contributed by atoms with E-state index in [4.69, 9.17) is 21.1 Å². The van der Waals surface area contributed by atoms with Crippen LogP contribution in [0.4, 0.5) is 14.9 Å². The number of nitrogens with one attached hydrogen (secondary N) is 1. The summed E-state index contributed by atoms with van der Waals surface area (Å²) in [7, 11) is -4.45. The zero-order valence-electron chi connectivity index (χ0n) is 20.2. The summed E-state index contributed by atoms with van der Waals surface area (Å²) in [5.74, 6) is -2.84. The number of anilines is 1. The number of amides is 1. The van der Waals surface area contributed by atoms with E-state index >= 15 is 0 Å². The highest BCUT2D eigenvalue weighted by Gasteiger charge is 2.40. The molecular weight excluding hydrogens is 519 g/mol. The van der Waals surface area contributed by atoms with E-state index < -0.39 is 51.9 Å². The maximum Gasteiger partial charge on any atom is 0.409 e. The van der Waals surface area contributed by atoms with Crippen LogP contribution in [0.25, 0.3) is 0 Å². The fraction of sp³-hybridized carbons (Fsp3) is 0.522. The third kappa shape index (κ3) is 7.57. The Morgan fingerprint density at radius 2 is 1.97 bits per heavy atom. The van der Waals surface area contributed by atoms with E-state index in [1.807, 2.05) is 0 Å². The fourth-order valence-corrected chi connectivity index (χ4v) is 5.94. The van der Waals surface area contributed by atoms with Crippen LogP contribution in [-0.2, 0) is 29.1 Å². The molecule has 0 radical (unpaired) electrons. The number of hydrogen-bond donors (Lipinski definition) is 2. The highest BCUT2D eigenvalue weighted by Crippen LogP contribution is 2.34. The average Bonchev–Trinajstić information content (AvgIpc) is 2.79. The van der Waals surface area contributed by atoms with Crippen LogP contribution in [0.1, 0.15) is 46.5 Å². The predicted octanol–water partition coefficient (Wildman–Crippen LogP) is 3.84. The van der Waals surface area contributed by atoms with Crippen LogP contribution in [-0.4, -0.2) is 56.2 Å². The van der Waals surface area contributed by atoms with E-state index in [1.165, 1.54) is 6.08 Å². The van der Waals surface area contributed by atoms with E-state index in [0.717, 1.165) is 18.2 Å². The lowest BCUT2D eigenvalue weighted by Crippen LogP contribution is -2.46. The molecule has 2 rings (SSSR count). The van der Waals surface area contributed by atoms with Crippen LogP contribution in [0.15, 0.2) is 29.8 Å². The number of rotatable bonds is 11. The lowest BCUT2D eigenvalue weighted by atomic mass is 9.99. The number of carboxylic acid groups (broad SMARTS) is 1. The second-order valence-corrected chi connectivity index (χ2v) is 11.0. The Morgan fingerprint density at radius 3 is 2.56 bits per heavy atom. The Morgan fingerprint density at radius 1 is 1.28 bits per heavy atom. The number of hydrogen-bond acceptors (Lipinski definition) is 7. The van der Waals surface area contributed by atoms with Crippen molar-refractivity contribution < 1.29 is 41.8 Å². The van der Waals surface area contributed by atoms with Gasteiger partial charge in [0.2, 0.25) is 10.0 Å². The van der Waals surface area contributed by atoms with Gasteiger partial charge in [0.1, 0.15) is 17.1 Å². The number of ether oxygens (including phenoxy) is 2. The number of nitrogens with zero attached hydrogens (tertiary/aromatic N) is 1. The minimum Gasteiger partial charge on any atom is -0.480 e. The van der Waals surface area contributed by atoms with Crippen molar-refractivity contribution in [2.24, 2.45) is 5.92 Å². The van der Waals surface area contributed by atoms with Gasteiger partial charge >= 0.3 is 18.0 Å². The van der Waals surface area contributed by atoms with Crippen LogP contribution >= 0.6 is 11.6 Å². The molecule has 1 aliphatic carbocycles. The maximum atomic E-state index is 13.8. The molecule has 2 N–H and O–H groups in total. The third-order valence-electron chi connectivity index (χ3n) is 5.35. The number of halogens is 2. The first-order chi connectivity index (χ1) is 16.9. The van der Waals surface area contributed by atoms with Crippen molar-refractivity contribution >= 4 is 45.3 Å². The molecule has 0 bridgehead atoms. The molecule has 0 saturated carbocycles. The molecular formula is C23H30ClFN2O8S. The molecule has 13 heteroatoms. The van der Waals surface area contributed by atoms with Crippen molar-refractivity contribution in [3.8, 4) is 0 Å². The summed E-state index contributed by atoms with van der Waals surface area (Å²) in [5, 5.41) is 9.92. The minimum absolute atomic E-state index is 0.0425. The number of alkyl carbamates (subject to hydrolysis) is 1. The van der Waals surface area contributed by atoms with Crippen molar-refractivity contribution in [3.05, 3.63) is 40.7 Å². The monoisotopic (exact) mass is 548 g/mol. The first kappa shape index (κ1) is 29.4. The first-order valence-corrected chi connectivity index (χ1v) is 13.3. The molecule has 0 heterocycles. The molecule has 0 saturated heterocycles. The molecule has 0 aromatic heterocycles. The van der Waals surface area contributed by atoms with Crippen LogP contribution in [0.5, 0.6) is 0 Å². The summed E-state index contributed by atoms with van der Waals surface area (Å²) >= 11 is 6.13. The van der Waals surface area contributed by atoms with Crippen molar-refractivity contribution in [3.63, 3.8) is 0 Å². The molecule has 0 aliphatic heterocycles. The molecule has 0 fully saturated rings. The molecule has 1 amide bonds. The Balaban J connectivity index is 2.39. The van der Waals surface area contributed by atoms with Crippen molar-refractivity contribution in [2.75, 3.05) is 17.6 Å². The normalized spacial score (nSPS) is 16.6. The molecule has 1 aromatic rings. The summed E-state index contributed by atoms with van der Waals surface area (Å²) in [4.78, 5) is 36.3. The lowest BCUT2D eigenvalue weighted by molar-refractivity contribution is -0.140. The van der Waals surface area contributed by atoms with E-state index in [2.05, 4.69) is 5.32 Å². The summed E-state index contributed by atoms with van der Waals surface area (Å²) < 4.78 is 51.9. The standard InChI is InChI=1S/C23H30ClFN2O8S/c1-4-34-22(30)16-7-5-6-8-20(16)36(32,33)27(19-10-9-15(25)12-17(19)24)13-35-23(31)26-18(21(28)29)11-14(2)3/h7,9-10,12,14,18,20H,4-6,8,11,13H2,1-3H3,(H,26,31)(H,28,29)/t18-,20?/m1/s1. The second kappa shape index (κ2) is 12.9. The SMILES string of the molecule is CCOC(=O)C1=CCCCC1S(=O)(=O)N(COC(=O)N[C@H](CC(C)C)C(=O)O)c1ccc(F)cc1Cl. The lowest BCUT2D eigenvalue weighted by Gasteiger charge is -2.31. The zero-order valence-corrected chi connectivity index (χ0v) is 21.8. The molecule has 0 spiro atoms. The smallest absolute Gasteiger partial charge is 0.409 e. The van der Waals surface area contributed by atoms with Gasteiger partial charge in [-0.1, -0.05) is 31.5 Å². The summed E-state index contributed by atoms with van der Waals surface area (Å²) in [5.41, 5.74) is -0.240. The summed E-state index contributed by atoms with van der Waals surface area (Å²) in [6.07, 6.45) is 1.46. The number of carboxylic acids is 1. The quantitative estimate of drug-likeness (QED) is 0.314. The molecule has 1 unspecified atom stereocenters. The minimum atomic E-state index is -4.45. The molecule has 36 heavy (non-hydrogen) atoms. The highest BCUT2D eigenvalue weighted by molar-refractivity contribution is 7.93. The Bertz CT molecular complexity index is 1110. The summed E-state index contributed by atoms with van der Waals surface area (Å²) in [6.45, 7) is 4.27. The summed E-state index contributed by atoms with van der Waals surface area (Å²) in [6, 6.07) is 1.72. The molecule has 1 aromatic carbocycles. The molecule has 2 atom stereocenters. The molecule has 1 aliphatic rings. The van der Waals surface area contributed by atoms with Gasteiger partial charge in [-0.25, -0.2) is 31.5 Å². The van der Waals surface area contributed by atoms with E-state index in [9.17, 15) is 32.3 Å². The number of benzene rings is 1. The topological polar surface area (TPSA) is 139 Å². The van der Waals surface area contributed by atoms with Gasteiger partial charge in [0.25, 0.3) is 0 Å². The number of carbonyl (C=O) groups excluding carboxylic acids is 2. The zero-order chi connectivity index (χ0) is 27.0. The van der Waals surface area contributed by atoms with Crippen LogP contribution in [0.3, 0.4) is 0 Å². The number of sulfonamides is 1. The predicted molar refractivity (Wildman–Crippen MR) is 131 cm³/mol. The van der Waals surface area contributed by atoms with Gasteiger partial charge in [0.15, 0.2) is 6.73 Å². The van der Waals surface area contributed by atoms with Crippen LogP contribution in [0, 0.1) is 11.7 Å². The second-order valence-electron chi connectivity index (χ2n) is 8.51. The van der Waals surface area contributed by atoms with Gasteiger partial charge in [0, 0.05) is 0 Å². The number of carbonyl (C=O) groups is 3. The Labute approximate surface area is 214 Å². The Kier molecular flexibility index (Phi) is 10.5. The number of aliphatic carboxylic acids is 1. The fourth-order valence-electron chi connectivity index (χ4n) is 3.70. The number of allylic oxidation sites excluding steroid dienone is 1. The van der Waals surface area contributed by atoms with E-state index in [0.29, 0.717) is 17.1 Å². The van der Waals surface area contributed by atoms with Gasteiger partial charge < -0.3 is 19.9 Å². The van der Waals surface area contributed by atoms with Crippen molar-refractivity contribution in [1.29, 1.82) is 0 Å². The van der Waals surface area contributed by atoms with Gasteiger partial charge in [0.05, 0.1) is 22.9 Å². The average molecular weight is 549 g/mol. The van der Waals surface area contributed by atoms with Crippen LogP contribution < -0.4 is 9.62 Å². The third-order valence-corrected chi connectivity index (χ3v) is 7.78. The van der Waals surface area contributed by atoms with E-state index in [-0.39, 0.29) is 41.6 Å². The van der Waals surface area contributed by atoms with E-state index in [1.54, 1.807) is 20.8 Å². The van der Waals surface area contributed by atoms with Gasteiger partial charge in [-0.05, 0) is 56.7 Å². The maximum absolute atomic E-state index is 13.8. The van der Waals surface area contributed by atoms with Crippen LogP contribution in [0.2, 0.25) is 5.02 Å². The largest absolute Gasteiger partial charge is 0.480 e. The van der Waals surface area contributed by atoms with Gasteiger partial charge in [-0.15, -0.1) is 0 Å². The first-order valence-electron chi connectivity index (χ1n) is 11.4. The molecule has 10 nitrogen and oxygen atoms in total. The molecule has 200 valence electrons. The number of esters is 1.